The van der Waals surface area contributed by atoms with Gasteiger partial charge in [0.25, 0.3) is 0 Å². The fraction of sp³-hybridized carbons (Fsp3) is 0.938. The number of morpholine rings is 1. The van der Waals surface area contributed by atoms with Crippen LogP contribution < -0.4 is 10.6 Å². The van der Waals surface area contributed by atoms with Gasteiger partial charge < -0.3 is 15.4 Å². The van der Waals surface area contributed by atoms with Crippen molar-refractivity contribution in [1.82, 2.24) is 15.5 Å². The zero-order chi connectivity index (χ0) is 14.7. The van der Waals surface area contributed by atoms with Gasteiger partial charge in [0.1, 0.15) is 0 Å². The first-order chi connectivity index (χ1) is 10.2. The van der Waals surface area contributed by atoms with Crippen LogP contribution in [-0.4, -0.2) is 55.4 Å². The molecular formula is C16H29N3OS. The van der Waals surface area contributed by atoms with Crippen molar-refractivity contribution in [2.45, 2.75) is 38.6 Å². The summed E-state index contributed by atoms with van der Waals surface area (Å²) < 4.78 is 5.36. The molecule has 1 heterocycles. The quantitative estimate of drug-likeness (QED) is 0.755. The van der Waals surface area contributed by atoms with Crippen LogP contribution >= 0.6 is 12.2 Å². The molecule has 4 atom stereocenters. The molecule has 2 N–H and O–H groups in total. The molecule has 0 radical (unpaired) electrons. The lowest BCUT2D eigenvalue weighted by Crippen LogP contribution is -2.47. The summed E-state index contributed by atoms with van der Waals surface area (Å²) >= 11 is 5.45. The molecule has 0 aromatic rings. The number of fused-ring (bicyclic) bond motifs is 2. The topological polar surface area (TPSA) is 36.5 Å². The molecule has 0 amide bonds. The second kappa shape index (κ2) is 7.25. The number of hydrogen-bond acceptors (Lipinski definition) is 3. The summed E-state index contributed by atoms with van der Waals surface area (Å²) in [6.07, 6.45) is 5.79. The zero-order valence-electron chi connectivity index (χ0n) is 13.1. The molecule has 3 aliphatic rings. The van der Waals surface area contributed by atoms with E-state index in [4.69, 9.17) is 17.0 Å². The van der Waals surface area contributed by atoms with Crippen LogP contribution in [0.4, 0.5) is 0 Å². The van der Waals surface area contributed by atoms with Crippen molar-refractivity contribution < 1.29 is 4.74 Å². The predicted molar refractivity (Wildman–Crippen MR) is 89.4 cm³/mol. The molecule has 2 aliphatic carbocycles. The molecule has 2 bridgehead atoms. The van der Waals surface area contributed by atoms with Gasteiger partial charge in [-0.25, -0.2) is 0 Å². The van der Waals surface area contributed by atoms with E-state index < -0.39 is 0 Å². The molecule has 0 aromatic heterocycles. The Balaban J connectivity index is 1.32. The van der Waals surface area contributed by atoms with Crippen LogP contribution in [0, 0.1) is 17.8 Å². The van der Waals surface area contributed by atoms with Crippen LogP contribution in [0.5, 0.6) is 0 Å². The van der Waals surface area contributed by atoms with Gasteiger partial charge in [-0.05, 0) is 56.2 Å². The third-order valence-electron chi connectivity index (χ3n) is 5.61. The highest BCUT2D eigenvalue weighted by Gasteiger charge is 2.41. The van der Waals surface area contributed by atoms with Crippen molar-refractivity contribution >= 4 is 17.3 Å². The summed E-state index contributed by atoms with van der Waals surface area (Å²) in [5, 5.41) is 7.72. The molecule has 0 spiro atoms. The number of nitrogens with one attached hydrogen (secondary N) is 2. The third kappa shape index (κ3) is 4.08. The summed E-state index contributed by atoms with van der Waals surface area (Å²) in [6, 6.07) is 0.517. The molecule has 3 rings (SSSR count). The molecule has 1 aliphatic heterocycles. The second-order valence-electron chi connectivity index (χ2n) is 6.98. The summed E-state index contributed by atoms with van der Waals surface area (Å²) in [6.45, 7) is 8.10. The van der Waals surface area contributed by atoms with Crippen molar-refractivity contribution in [3.63, 3.8) is 0 Å². The van der Waals surface area contributed by atoms with Gasteiger partial charge in [-0.2, -0.15) is 0 Å². The molecule has 120 valence electrons. The third-order valence-corrected chi connectivity index (χ3v) is 5.87. The Bertz CT molecular complexity index is 359. The first kappa shape index (κ1) is 15.5. The van der Waals surface area contributed by atoms with Crippen LogP contribution in [0.1, 0.15) is 32.6 Å². The minimum absolute atomic E-state index is 0.517. The standard InChI is InChI=1S/C16H29N3OS/c1-12(15-11-13-2-3-14(15)10-13)18-16(21)17-4-5-19-6-8-20-9-7-19/h12-15H,2-11H2,1H3,(H2,17,18,21)/t12-,13-,14-,15-/m0/s1. The first-order valence-electron chi connectivity index (χ1n) is 8.57. The molecular weight excluding hydrogens is 282 g/mol. The Morgan fingerprint density at radius 3 is 2.76 bits per heavy atom. The highest BCUT2D eigenvalue weighted by Crippen LogP contribution is 2.49. The van der Waals surface area contributed by atoms with Crippen LogP contribution in [-0.2, 0) is 4.74 Å². The zero-order valence-corrected chi connectivity index (χ0v) is 14.0. The molecule has 4 nitrogen and oxygen atoms in total. The minimum atomic E-state index is 0.517. The molecule has 0 unspecified atom stereocenters. The number of thiocarbonyl (C=S) groups is 1. The normalized spacial score (nSPS) is 33.9. The fourth-order valence-electron chi connectivity index (χ4n) is 4.42. The van der Waals surface area contributed by atoms with Crippen molar-refractivity contribution in [2.75, 3.05) is 39.4 Å². The number of nitrogens with zero attached hydrogens (tertiary/aromatic N) is 1. The average Bonchev–Trinajstić information content (AvgIpc) is 3.11. The average molecular weight is 311 g/mol. The Labute approximate surface area is 134 Å². The van der Waals surface area contributed by atoms with Gasteiger partial charge in [0.15, 0.2) is 5.11 Å². The molecule has 0 aromatic carbocycles. The summed E-state index contributed by atoms with van der Waals surface area (Å²) in [5.41, 5.74) is 0. The number of rotatable bonds is 5. The maximum atomic E-state index is 5.45. The molecule has 3 fully saturated rings. The van der Waals surface area contributed by atoms with Gasteiger partial charge in [0.05, 0.1) is 13.2 Å². The Morgan fingerprint density at radius 1 is 1.29 bits per heavy atom. The van der Waals surface area contributed by atoms with E-state index in [0.29, 0.717) is 6.04 Å². The van der Waals surface area contributed by atoms with Gasteiger partial charge in [-0.1, -0.05) is 6.42 Å². The van der Waals surface area contributed by atoms with E-state index >= 15 is 0 Å². The predicted octanol–water partition coefficient (Wildman–Crippen LogP) is 1.61. The first-order valence-corrected chi connectivity index (χ1v) is 8.97. The van der Waals surface area contributed by atoms with E-state index in [-0.39, 0.29) is 0 Å². The molecule has 1 saturated heterocycles. The van der Waals surface area contributed by atoms with Gasteiger partial charge in [-0.15, -0.1) is 0 Å². The van der Waals surface area contributed by atoms with E-state index in [0.717, 1.165) is 62.3 Å². The lowest BCUT2D eigenvalue weighted by molar-refractivity contribution is 0.0389. The largest absolute Gasteiger partial charge is 0.379 e. The van der Waals surface area contributed by atoms with Crippen LogP contribution in [0.15, 0.2) is 0 Å². The highest BCUT2D eigenvalue weighted by molar-refractivity contribution is 7.80. The fourth-order valence-corrected chi connectivity index (χ4v) is 4.71. The van der Waals surface area contributed by atoms with Crippen LogP contribution in [0.25, 0.3) is 0 Å². The number of hydrogen-bond donors (Lipinski definition) is 2. The number of ether oxygens (including phenoxy) is 1. The Kier molecular flexibility index (Phi) is 5.35. The van der Waals surface area contributed by atoms with Gasteiger partial charge in [0.2, 0.25) is 0 Å². The highest BCUT2D eigenvalue weighted by atomic mass is 32.1. The van der Waals surface area contributed by atoms with E-state index in [9.17, 15) is 0 Å². The Hall–Kier alpha value is -0.390. The lowest BCUT2D eigenvalue weighted by atomic mass is 9.84. The van der Waals surface area contributed by atoms with E-state index in [2.05, 4.69) is 22.5 Å². The molecule has 21 heavy (non-hydrogen) atoms. The van der Waals surface area contributed by atoms with E-state index in [1.54, 1.807) is 0 Å². The SMILES string of the molecule is C[C@H](NC(=S)NCCN1CCOCC1)[C@@H]1C[C@H]2CC[C@H]1C2. The smallest absolute Gasteiger partial charge is 0.166 e. The molecule has 2 saturated carbocycles. The summed E-state index contributed by atoms with van der Waals surface area (Å²) in [4.78, 5) is 2.43. The summed E-state index contributed by atoms with van der Waals surface area (Å²) in [7, 11) is 0. The lowest BCUT2D eigenvalue weighted by Gasteiger charge is -2.30. The maximum absolute atomic E-state index is 5.45. The van der Waals surface area contributed by atoms with Crippen molar-refractivity contribution in [3.05, 3.63) is 0 Å². The second-order valence-corrected chi connectivity index (χ2v) is 7.39. The summed E-state index contributed by atoms with van der Waals surface area (Å²) in [5.74, 6) is 2.79. The molecule has 5 heteroatoms. The minimum Gasteiger partial charge on any atom is -0.379 e. The van der Waals surface area contributed by atoms with Crippen molar-refractivity contribution in [1.29, 1.82) is 0 Å². The van der Waals surface area contributed by atoms with Gasteiger partial charge in [-0.3, -0.25) is 4.90 Å². The van der Waals surface area contributed by atoms with Gasteiger partial charge >= 0.3 is 0 Å². The van der Waals surface area contributed by atoms with Crippen molar-refractivity contribution in [2.24, 2.45) is 17.8 Å². The van der Waals surface area contributed by atoms with E-state index in [1.807, 2.05) is 0 Å². The Morgan fingerprint density at radius 2 is 2.10 bits per heavy atom. The van der Waals surface area contributed by atoms with E-state index in [1.165, 1.54) is 25.7 Å². The van der Waals surface area contributed by atoms with Crippen LogP contribution in [0.2, 0.25) is 0 Å². The maximum Gasteiger partial charge on any atom is 0.166 e. The monoisotopic (exact) mass is 311 g/mol. The van der Waals surface area contributed by atoms with Crippen LogP contribution in [0.3, 0.4) is 0 Å². The van der Waals surface area contributed by atoms with Gasteiger partial charge in [0, 0.05) is 32.2 Å². The van der Waals surface area contributed by atoms with Crippen molar-refractivity contribution in [3.8, 4) is 0 Å².